The van der Waals surface area contributed by atoms with E-state index in [1.807, 2.05) is 0 Å². The van der Waals surface area contributed by atoms with E-state index >= 15 is 0 Å². The Balaban J connectivity index is -0.000000211. The Bertz CT molecular complexity index is 646. The molecule has 1 amide bonds. The molecule has 0 heterocycles. The Morgan fingerprint density at radius 3 is 1.18 bits per heavy atom. The third-order valence-corrected chi connectivity index (χ3v) is 6.69. The highest BCUT2D eigenvalue weighted by Crippen LogP contribution is 2.14. The van der Waals surface area contributed by atoms with E-state index in [1.54, 1.807) is 19.0 Å². The number of unbranched alkanes of at least 4 members (excludes halogenated alkanes) is 18. The van der Waals surface area contributed by atoms with E-state index in [9.17, 15) is 18.0 Å². The molecule has 0 aromatic carbocycles. The number of carboxylic acids is 1. The van der Waals surface area contributed by atoms with Gasteiger partial charge in [0.25, 0.3) is 10.1 Å². The van der Waals surface area contributed by atoms with Gasteiger partial charge in [0.1, 0.15) is 0 Å². The molecular formula is C29H66N4O6S. The molecule has 244 valence electrons. The lowest BCUT2D eigenvalue weighted by Crippen LogP contribution is -2.21. The first kappa shape index (κ1) is 48.2. The van der Waals surface area contributed by atoms with Gasteiger partial charge in [0, 0.05) is 13.0 Å². The van der Waals surface area contributed by atoms with Crippen molar-refractivity contribution in [2.75, 3.05) is 26.4 Å². The molecule has 0 aliphatic rings. The van der Waals surface area contributed by atoms with Gasteiger partial charge in [-0.15, -0.1) is 0 Å². The lowest BCUT2D eigenvalue weighted by atomic mass is 10.0. The third kappa shape index (κ3) is 60.8. The molecule has 0 aromatic rings. The number of hydrogen-bond acceptors (Lipinski definition) is 7. The molecule has 0 rings (SSSR count). The molecule has 0 aliphatic carbocycles. The first-order valence-electron chi connectivity index (χ1n) is 14.7. The normalized spacial score (nSPS) is 10.2. The van der Waals surface area contributed by atoms with E-state index in [0.717, 1.165) is 18.9 Å². The molecule has 0 unspecified atom stereocenters. The van der Waals surface area contributed by atoms with Crippen molar-refractivity contribution in [3.05, 3.63) is 12.7 Å². The van der Waals surface area contributed by atoms with Crippen molar-refractivity contribution in [3.8, 4) is 0 Å². The smallest absolute Gasteiger partial charge is 0.303 e. The fourth-order valence-electron chi connectivity index (χ4n) is 3.65. The average Bonchev–Trinajstić information content (AvgIpc) is 2.84. The maximum absolute atomic E-state index is 10.4. The largest absolute Gasteiger partial charge is 0.481 e. The highest BCUT2D eigenvalue weighted by Gasteiger charge is 2.03. The monoisotopic (exact) mass is 598 g/mol. The second-order valence-electron chi connectivity index (χ2n) is 10.2. The van der Waals surface area contributed by atoms with Gasteiger partial charge in [-0.25, -0.2) is 0 Å². The number of aliphatic carboxylic acids is 1. The van der Waals surface area contributed by atoms with E-state index in [0.29, 0.717) is 13.0 Å². The second kappa shape index (κ2) is 37.5. The molecule has 0 radical (unpaired) electrons. The summed E-state index contributed by atoms with van der Waals surface area (Å²) in [6, 6.07) is 0. The van der Waals surface area contributed by atoms with Crippen LogP contribution < -0.4 is 18.0 Å². The zero-order valence-electron chi connectivity index (χ0n) is 26.2. The lowest BCUT2D eigenvalue weighted by molar-refractivity contribution is -0.137. The Kier molecular flexibility index (Phi) is 45.2. The summed E-state index contributed by atoms with van der Waals surface area (Å²) < 4.78 is 28.3. The summed E-state index contributed by atoms with van der Waals surface area (Å²) in [5.74, 6) is -1.33. The van der Waals surface area contributed by atoms with E-state index in [2.05, 4.69) is 19.2 Å². The fourth-order valence-corrected chi connectivity index (χ4v) is 4.25. The van der Waals surface area contributed by atoms with Crippen molar-refractivity contribution >= 4 is 22.0 Å². The van der Waals surface area contributed by atoms with Gasteiger partial charge in [0.15, 0.2) is 0 Å². The maximum Gasteiger partial charge on any atom is 0.303 e. The summed E-state index contributed by atoms with van der Waals surface area (Å²) in [5.41, 5.74) is 4.53. The Hall–Kier alpha value is -1.53. The number of carboxylic acid groups (broad SMARTS) is 1. The van der Waals surface area contributed by atoms with Crippen LogP contribution in [0.5, 0.6) is 0 Å². The van der Waals surface area contributed by atoms with Crippen LogP contribution in [-0.2, 0) is 19.7 Å². The van der Waals surface area contributed by atoms with Crippen molar-refractivity contribution in [2.24, 2.45) is 5.73 Å². The Morgan fingerprint density at radius 1 is 0.725 bits per heavy atom. The van der Waals surface area contributed by atoms with Gasteiger partial charge in [0.2, 0.25) is 5.91 Å². The van der Waals surface area contributed by atoms with Crippen LogP contribution in [0.3, 0.4) is 0 Å². The van der Waals surface area contributed by atoms with Crippen LogP contribution in [0.15, 0.2) is 12.7 Å². The van der Waals surface area contributed by atoms with Crippen molar-refractivity contribution in [1.29, 1.82) is 0 Å². The molecule has 0 spiro atoms. The lowest BCUT2D eigenvalue weighted by Gasteiger charge is -2.05. The number of primary amides is 1. The predicted octanol–water partition coefficient (Wildman–Crippen LogP) is 7.31. The highest BCUT2D eigenvalue weighted by molar-refractivity contribution is 7.85. The topological polar surface area (TPSA) is 208 Å². The third-order valence-electron chi connectivity index (χ3n) is 5.99. The SMILES string of the molecule is C=CC(N)=O.CCCCCCCCCCCCCCCCCCCCCC(=O)O.CN(C)CCS(=O)(=O)O.N.N. The first-order chi connectivity index (χ1) is 18.0. The van der Waals surface area contributed by atoms with Crippen molar-refractivity contribution in [2.45, 2.75) is 135 Å². The van der Waals surface area contributed by atoms with Gasteiger partial charge in [0.05, 0.1) is 5.75 Å². The first-order valence-corrected chi connectivity index (χ1v) is 16.3. The molecule has 0 aliphatic heterocycles. The van der Waals surface area contributed by atoms with Crippen molar-refractivity contribution in [3.63, 3.8) is 0 Å². The Morgan fingerprint density at radius 2 is 1.00 bits per heavy atom. The molecule has 0 saturated heterocycles. The summed E-state index contributed by atoms with van der Waals surface area (Å²) in [6.07, 6.45) is 27.2. The van der Waals surface area contributed by atoms with Crippen LogP contribution in [0, 0.1) is 0 Å². The van der Waals surface area contributed by atoms with Gasteiger partial charge in [-0.2, -0.15) is 8.42 Å². The number of nitrogens with zero attached hydrogens (tertiary/aromatic N) is 1. The quantitative estimate of drug-likeness (QED) is 0.0427. The number of rotatable bonds is 24. The molecule has 10 N–H and O–H groups in total. The molecule has 0 fully saturated rings. The molecule has 0 aromatic heterocycles. The number of nitrogens with two attached hydrogens (primary N) is 1. The van der Waals surface area contributed by atoms with Gasteiger partial charge in [-0.1, -0.05) is 129 Å². The van der Waals surface area contributed by atoms with Crippen LogP contribution in [0.25, 0.3) is 0 Å². The van der Waals surface area contributed by atoms with Crippen LogP contribution in [-0.4, -0.2) is 61.2 Å². The summed E-state index contributed by atoms with van der Waals surface area (Å²) in [7, 11) is -0.278. The van der Waals surface area contributed by atoms with Crippen LogP contribution in [0.1, 0.15) is 135 Å². The minimum Gasteiger partial charge on any atom is -0.481 e. The van der Waals surface area contributed by atoms with Gasteiger partial charge >= 0.3 is 5.97 Å². The molecule has 40 heavy (non-hydrogen) atoms. The maximum atomic E-state index is 10.4. The highest BCUT2D eigenvalue weighted by atomic mass is 32.2. The number of carbonyl (C=O) groups is 2. The molecular weight excluding hydrogens is 532 g/mol. The van der Waals surface area contributed by atoms with Crippen molar-refractivity contribution < 1.29 is 27.7 Å². The Labute approximate surface area is 246 Å². The average molecular weight is 599 g/mol. The molecule has 11 heteroatoms. The van der Waals surface area contributed by atoms with E-state index < -0.39 is 22.0 Å². The summed E-state index contributed by atoms with van der Waals surface area (Å²) in [5, 5.41) is 8.56. The van der Waals surface area contributed by atoms with E-state index in [-0.39, 0.29) is 18.1 Å². The minimum absolute atomic E-state index is 0. The number of amides is 1. The fraction of sp³-hybridized carbons (Fsp3) is 0.862. The van der Waals surface area contributed by atoms with Crippen LogP contribution in [0.2, 0.25) is 0 Å². The summed E-state index contributed by atoms with van der Waals surface area (Å²) >= 11 is 0. The molecule has 10 nitrogen and oxygen atoms in total. The standard InChI is InChI=1S/C22H44O2.C4H11NO3S.C3H5NO.2H3N/c1-2-3-4-5-6-7-8-9-10-11-12-13-14-15-16-17-18-19-20-21-22(23)24;1-5(2)3-4-9(6,7)8;1-2-3(4)5;;/h2-21H2,1H3,(H,23,24);3-4H2,1-2H3,(H,6,7,8);2H,1H2,(H2,4,5);2*1H3. The number of hydrogen-bond donors (Lipinski definition) is 5. The summed E-state index contributed by atoms with van der Waals surface area (Å²) in [4.78, 5) is 21.5. The molecule has 0 bridgehead atoms. The zero-order chi connectivity index (χ0) is 29.5. The van der Waals surface area contributed by atoms with E-state index in [4.69, 9.17) is 9.66 Å². The van der Waals surface area contributed by atoms with Crippen molar-refractivity contribution in [1.82, 2.24) is 17.2 Å². The van der Waals surface area contributed by atoms with Gasteiger partial charge in [-0.05, 0) is 26.6 Å². The summed E-state index contributed by atoms with van der Waals surface area (Å²) in [6.45, 7) is 5.73. The van der Waals surface area contributed by atoms with Gasteiger partial charge < -0.3 is 28.0 Å². The zero-order valence-corrected chi connectivity index (χ0v) is 27.0. The minimum atomic E-state index is -3.76. The predicted molar refractivity (Wildman–Crippen MR) is 170 cm³/mol. The van der Waals surface area contributed by atoms with Crippen LogP contribution >= 0.6 is 0 Å². The van der Waals surface area contributed by atoms with E-state index in [1.165, 1.54) is 109 Å². The second-order valence-corrected chi connectivity index (χ2v) is 11.8. The van der Waals surface area contributed by atoms with Crippen LogP contribution in [0.4, 0.5) is 0 Å². The van der Waals surface area contributed by atoms with Gasteiger partial charge in [-0.3, -0.25) is 14.1 Å². The number of carbonyl (C=O) groups excluding carboxylic acids is 1. The molecule has 0 saturated carbocycles. The molecule has 0 atom stereocenters.